The molecule has 1 amide bonds. The molecule has 0 aliphatic carbocycles. The number of hydrogen-bond acceptors (Lipinski definition) is 4. The average molecular weight is 496 g/mol. The second-order valence-corrected chi connectivity index (χ2v) is 9.18. The standard InChI is InChI=1S/C25H24F3N7O/c1-14(2)10-20(22-29-13-30-32-22)31-24(36)15-4-9-21-18(11-15)19-12-34(3)33-23(19)35(21)17-7-5-16(6-8-17)25(26,27)28/h4-9,11-14,20H,10H2,1-3H3,(H,31,36)(H,29,30,32). The third kappa shape index (κ3) is 4.32. The Bertz CT molecular complexity index is 1530. The molecule has 36 heavy (non-hydrogen) atoms. The molecule has 0 bridgehead atoms. The summed E-state index contributed by atoms with van der Waals surface area (Å²) in [5, 5.41) is 15.8. The van der Waals surface area contributed by atoms with E-state index in [1.807, 2.05) is 6.20 Å². The summed E-state index contributed by atoms with van der Waals surface area (Å²) in [6.07, 6.45) is -0.501. The van der Waals surface area contributed by atoms with Crippen molar-refractivity contribution in [2.75, 3.05) is 0 Å². The fraction of sp³-hybridized carbons (Fsp3) is 0.280. The molecule has 1 atom stereocenters. The number of aryl methyl sites for hydroxylation is 1. The Balaban J connectivity index is 1.55. The number of aromatic amines is 1. The summed E-state index contributed by atoms with van der Waals surface area (Å²) in [6, 6.07) is 9.88. The third-order valence-electron chi connectivity index (χ3n) is 6.04. The number of hydrogen-bond donors (Lipinski definition) is 2. The van der Waals surface area contributed by atoms with Crippen LogP contribution in [0.15, 0.2) is 55.0 Å². The Kier molecular flexibility index (Phi) is 5.77. The lowest BCUT2D eigenvalue weighted by Gasteiger charge is -2.18. The van der Waals surface area contributed by atoms with Crippen molar-refractivity contribution in [3.63, 3.8) is 0 Å². The number of fused-ring (bicyclic) bond motifs is 3. The molecule has 0 fully saturated rings. The van der Waals surface area contributed by atoms with Gasteiger partial charge in [0.1, 0.15) is 12.2 Å². The van der Waals surface area contributed by atoms with Gasteiger partial charge in [-0.1, -0.05) is 13.8 Å². The molecule has 3 heterocycles. The van der Waals surface area contributed by atoms with E-state index in [-0.39, 0.29) is 11.9 Å². The maximum absolute atomic E-state index is 13.2. The Morgan fingerprint density at radius 1 is 1.11 bits per heavy atom. The van der Waals surface area contributed by atoms with Crippen molar-refractivity contribution >= 4 is 27.8 Å². The molecule has 0 spiro atoms. The quantitative estimate of drug-likeness (QED) is 0.340. The highest BCUT2D eigenvalue weighted by molar-refractivity contribution is 6.10. The Labute approximate surface area is 204 Å². The summed E-state index contributed by atoms with van der Waals surface area (Å²) < 4.78 is 42.6. The normalized spacial score (nSPS) is 13.1. The summed E-state index contributed by atoms with van der Waals surface area (Å²) in [7, 11) is 1.77. The van der Waals surface area contributed by atoms with Crippen LogP contribution in [0.3, 0.4) is 0 Å². The summed E-state index contributed by atoms with van der Waals surface area (Å²) in [6.45, 7) is 4.12. The van der Waals surface area contributed by atoms with Crippen molar-refractivity contribution < 1.29 is 18.0 Å². The van der Waals surface area contributed by atoms with Crippen molar-refractivity contribution in [2.24, 2.45) is 13.0 Å². The van der Waals surface area contributed by atoms with Crippen molar-refractivity contribution in [3.05, 3.63) is 71.9 Å². The molecule has 2 aromatic carbocycles. The molecule has 0 saturated carbocycles. The van der Waals surface area contributed by atoms with Crippen LogP contribution in [0, 0.1) is 5.92 Å². The monoisotopic (exact) mass is 495 g/mol. The van der Waals surface area contributed by atoms with Crippen LogP contribution in [-0.4, -0.2) is 35.4 Å². The van der Waals surface area contributed by atoms with Crippen LogP contribution in [0.5, 0.6) is 0 Å². The van der Waals surface area contributed by atoms with Gasteiger partial charge in [0, 0.05) is 35.3 Å². The molecule has 5 aromatic rings. The molecule has 11 heteroatoms. The van der Waals surface area contributed by atoms with Gasteiger partial charge in [-0.25, -0.2) is 4.98 Å². The molecule has 8 nitrogen and oxygen atoms in total. The number of alkyl halides is 3. The lowest BCUT2D eigenvalue weighted by Crippen LogP contribution is -2.30. The molecule has 1 unspecified atom stereocenters. The zero-order valence-electron chi connectivity index (χ0n) is 19.8. The molecular weight excluding hydrogens is 471 g/mol. The zero-order chi connectivity index (χ0) is 25.6. The number of amides is 1. The molecule has 2 N–H and O–H groups in total. The van der Waals surface area contributed by atoms with E-state index >= 15 is 0 Å². The molecule has 3 aromatic heterocycles. The predicted octanol–water partition coefficient (Wildman–Crippen LogP) is 5.17. The number of halogens is 3. The Morgan fingerprint density at radius 2 is 1.86 bits per heavy atom. The molecule has 0 aliphatic rings. The molecule has 0 aliphatic heterocycles. The van der Waals surface area contributed by atoms with E-state index < -0.39 is 11.7 Å². The minimum atomic E-state index is -4.42. The van der Waals surface area contributed by atoms with Crippen molar-refractivity contribution in [2.45, 2.75) is 32.5 Å². The summed E-state index contributed by atoms with van der Waals surface area (Å²) in [5.74, 6) is 0.634. The van der Waals surface area contributed by atoms with Crippen LogP contribution in [0.4, 0.5) is 13.2 Å². The number of carbonyl (C=O) groups is 1. The Hall–Kier alpha value is -4.15. The first-order valence-electron chi connectivity index (χ1n) is 11.4. The molecular formula is C25H24F3N7O. The van der Waals surface area contributed by atoms with Gasteiger partial charge in [-0.2, -0.15) is 23.4 Å². The van der Waals surface area contributed by atoms with Gasteiger partial charge in [0.2, 0.25) is 0 Å². The van der Waals surface area contributed by atoms with Gasteiger partial charge >= 0.3 is 6.18 Å². The summed E-state index contributed by atoms with van der Waals surface area (Å²) in [4.78, 5) is 17.4. The number of nitrogens with zero attached hydrogens (tertiary/aromatic N) is 5. The number of benzene rings is 2. The number of H-pyrrole nitrogens is 1. The number of nitrogens with one attached hydrogen (secondary N) is 2. The predicted molar refractivity (Wildman–Crippen MR) is 129 cm³/mol. The van der Waals surface area contributed by atoms with E-state index in [0.29, 0.717) is 35.1 Å². The fourth-order valence-electron chi connectivity index (χ4n) is 4.43. The SMILES string of the molecule is CC(C)CC(NC(=O)c1ccc2c(c1)c1cn(C)nc1n2-c1ccc(C(F)(F)F)cc1)c1ncn[nH]1. The van der Waals surface area contributed by atoms with Crippen LogP contribution in [0.1, 0.15) is 48.1 Å². The highest BCUT2D eigenvalue weighted by Gasteiger charge is 2.30. The number of rotatable bonds is 6. The topological polar surface area (TPSA) is 93.4 Å². The van der Waals surface area contributed by atoms with Gasteiger partial charge in [-0.15, -0.1) is 0 Å². The van der Waals surface area contributed by atoms with E-state index in [0.717, 1.165) is 28.4 Å². The van der Waals surface area contributed by atoms with Crippen molar-refractivity contribution in [3.8, 4) is 5.69 Å². The zero-order valence-corrected chi connectivity index (χ0v) is 19.8. The average Bonchev–Trinajstić information content (AvgIpc) is 3.54. The van der Waals surface area contributed by atoms with E-state index in [9.17, 15) is 18.0 Å². The van der Waals surface area contributed by atoms with Crippen LogP contribution < -0.4 is 5.32 Å². The van der Waals surface area contributed by atoms with Crippen LogP contribution in [0.25, 0.3) is 27.6 Å². The van der Waals surface area contributed by atoms with E-state index in [1.165, 1.54) is 18.5 Å². The number of carbonyl (C=O) groups excluding carboxylic acids is 1. The van der Waals surface area contributed by atoms with Gasteiger partial charge in [0.15, 0.2) is 5.65 Å². The van der Waals surface area contributed by atoms with E-state index in [4.69, 9.17) is 0 Å². The second-order valence-electron chi connectivity index (χ2n) is 9.18. The highest BCUT2D eigenvalue weighted by atomic mass is 19.4. The second kappa shape index (κ2) is 8.81. The first kappa shape index (κ1) is 23.6. The van der Waals surface area contributed by atoms with Crippen LogP contribution in [-0.2, 0) is 13.2 Å². The number of aromatic nitrogens is 6. The molecule has 0 saturated heterocycles. The van der Waals surface area contributed by atoms with Gasteiger partial charge < -0.3 is 5.32 Å². The molecule has 186 valence electrons. The van der Waals surface area contributed by atoms with E-state index in [2.05, 4.69) is 39.4 Å². The summed E-state index contributed by atoms with van der Waals surface area (Å²) >= 11 is 0. The third-order valence-corrected chi connectivity index (χ3v) is 6.04. The maximum Gasteiger partial charge on any atom is 0.416 e. The first-order chi connectivity index (χ1) is 17.1. The lowest BCUT2D eigenvalue weighted by atomic mass is 10.0. The first-order valence-corrected chi connectivity index (χ1v) is 11.4. The van der Waals surface area contributed by atoms with Crippen LogP contribution >= 0.6 is 0 Å². The maximum atomic E-state index is 13.2. The Morgan fingerprint density at radius 3 is 2.50 bits per heavy atom. The fourth-order valence-corrected chi connectivity index (χ4v) is 4.43. The molecule has 5 rings (SSSR count). The highest BCUT2D eigenvalue weighted by Crippen LogP contribution is 2.34. The van der Waals surface area contributed by atoms with Gasteiger partial charge in [-0.05, 0) is 54.8 Å². The van der Waals surface area contributed by atoms with Crippen molar-refractivity contribution in [1.82, 2.24) is 34.8 Å². The van der Waals surface area contributed by atoms with Gasteiger partial charge in [0.05, 0.1) is 17.1 Å². The smallest absolute Gasteiger partial charge is 0.342 e. The van der Waals surface area contributed by atoms with Gasteiger partial charge in [-0.3, -0.25) is 19.1 Å². The van der Waals surface area contributed by atoms with Crippen LogP contribution in [0.2, 0.25) is 0 Å². The largest absolute Gasteiger partial charge is 0.416 e. The van der Waals surface area contributed by atoms with E-state index in [1.54, 1.807) is 34.5 Å². The van der Waals surface area contributed by atoms with Crippen molar-refractivity contribution in [1.29, 1.82) is 0 Å². The van der Waals surface area contributed by atoms with Gasteiger partial charge in [0.25, 0.3) is 5.91 Å². The lowest BCUT2D eigenvalue weighted by molar-refractivity contribution is -0.137. The summed E-state index contributed by atoms with van der Waals surface area (Å²) in [5.41, 5.74) is 1.59. The minimum absolute atomic E-state index is 0.265. The molecule has 0 radical (unpaired) electrons. The minimum Gasteiger partial charge on any atom is -0.342 e.